The van der Waals surface area contributed by atoms with Crippen molar-refractivity contribution in [2.24, 2.45) is 28.6 Å². The van der Waals surface area contributed by atoms with Gasteiger partial charge in [-0.1, -0.05) is 19.4 Å². The van der Waals surface area contributed by atoms with E-state index in [1.54, 1.807) is 0 Å². The van der Waals surface area contributed by atoms with E-state index in [0.29, 0.717) is 24.2 Å². The number of nitrogens with zero attached hydrogens (tertiary/aromatic N) is 1. The molecule has 3 saturated carbocycles. The number of carboxylic acids is 1. The number of carbonyl (C=O) groups excluding carboxylic acids is 3. The number of carboxylic acid groups (broad SMARTS) is 1. The summed E-state index contributed by atoms with van der Waals surface area (Å²) in [6.07, 6.45) is 8.37. The van der Waals surface area contributed by atoms with Crippen LogP contribution in [0.25, 0.3) is 0 Å². The lowest BCUT2D eigenvalue weighted by Crippen LogP contribution is -2.51. The molecule has 4 fully saturated rings. The molecule has 5 rings (SSSR count). The second-order valence-corrected chi connectivity index (χ2v) is 12.4. The number of ether oxygens (including phenoxy) is 1. The second-order valence-electron chi connectivity index (χ2n) is 12.4. The van der Waals surface area contributed by atoms with Gasteiger partial charge < -0.3 is 19.8 Å². The number of esters is 1. The van der Waals surface area contributed by atoms with Crippen LogP contribution in [0.3, 0.4) is 0 Å². The number of amides is 1. The predicted octanol–water partition coefficient (Wildman–Crippen LogP) is 3.26. The number of likely N-dealkylation sites (tertiary alicyclic amines) is 1. The van der Waals surface area contributed by atoms with E-state index in [0.717, 1.165) is 44.9 Å². The van der Waals surface area contributed by atoms with Gasteiger partial charge in [0.15, 0.2) is 5.78 Å². The highest BCUT2D eigenvalue weighted by molar-refractivity contribution is 5.91. The lowest BCUT2D eigenvalue weighted by atomic mass is 9.47. The van der Waals surface area contributed by atoms with Gasteiger partial charge in [-0.15, -0.1) is 0 Å². The monoisotopic (exact) mass is 501 g/mol. The molecule has 1 amide bonds. The number of aliphatic hydroxyl groups is 1. The molecule has 1 aliphatic heterocycles. The third-order valence-corrected chi connectivity index (χ3v) is 10.6. The van der Waals surface area contributed by atoms with Crippen LogP contribution in [0.1, 0.15) is 84.5 Å². The van der Waals surface area contributed by atoms with Crippen molar-refractivity contribution in [3.05, 3.63) is 11.6 Å². The van der Waals surface area contributed by atoms with Crippen molar-refractivity contribution in [2.75, 3.05) is 6.54 Å². The van der Waals surface area contributed by atoms with E-state index in [-0.39, 0.29) is 48.5 Å². The zero-order valence-corrected chi connectivity index (χ0v) is 21.4. The molecular formula is C28H39NO7. The van der Waals surface area contributed by atoms with Gasteiger partial charge in [-0.05, 0) is 74.2 Å². The van der Waals surface area contributed by atoms with Crippen LogP contribution >= 0.6 is 0 Å². The molecule has 198 valence electrons. The number of aliphatic hydroxyl groups excluding tert-OH is 1. The van der Waals surface area contributed by atoms with Crippen LogP contribution in [-0.4, -0.2) is 63.5 Å². The van der Waals surface area contributed by atoms with Gasteiger partial charge in [0, 0.05) is 31.2 Å². The van der Waals surface area contributed by atoms with Gasteiger partial charge in [0.25, 0.3) is 0 Å². The average molecular weight is 502 g/mol. The summed E-state index contributed by atoms with van der Waals surface area (Å²) in [6.45, 7) is 4.62. The van der Waals surface area contributed by atoms with Gasteiger partial charge in [0.05, 0.1) is 12.5 Å². The van der Waals surface area contributed by atoms with Gasteiger partial charge in [0.2, 0.25) is 5.91 Å². The van der Waals surface area contributed by atoms with Crippen molar-refractivity contribution in [2.45, 2.75) is 103 Å². The van der Waals surface area contributed by atoms with Crippen molar-refractivity contribution in [1.82, 2.24) is 4.90 Å². The Morgan fingerprint density at radius 2 is 1.83 bits per heavy atom. The Bertz CT molecular complexity index is 990. The maximum atomic E-state index is 12.8. The van der Waals surface area contributed by atoms with Gasteiger partial charge in [-0.25, -0.2) is 4.79 Å². The first-order valence-corrected chi connectivity index (χ1v) is 13.7. The van der Waals surface area contributed by atoms with E-state index in [9.17, 15) is 29.4 Å². The fourth-order valence-electron chi connectivity index (χ4n) is 8.60. The number of β-amino-alcohol motifs (C(OH)–C–C–N with tert-alkyl or cyclic N) is 1. The van der Waals surface area contributed by atoms with Crippen LogP contribution < -0.4 is 0 Å². The maximum Gasteiger partial charge on any atom is 0.326 e. The Kier molecular flexibility index (Phi) is 6.54. The Morgan fingerprint density at radius 1 is 1.06 bits per heavy atom. The van der Waals surface area contributed by atoms with Crippen LogP contribution in [0.2, 0.25) is 0 Å². The molecule has 2 N–H and O–H groups in total. The molecule has 8 atom stereocenters. The molecule has 5 aliphatic rings. The number of fused-ring (bicyclic) bond motifs is 5. The topological polar surface area (TPSA) is 121 Å². The quantitative estimate of drug-likeness (QED) is 0.555. The summed E-state index contributed by atoms with van der Waals surface area (Å²) in [6, 6.07) is -1.04. The Balaban J connectivity index is 1.19. The van der Waals surface area contributed by atoms with E-state index >= 15 is 0 Å². The van der Waals surface area contributed by atoms with Crippen molar-refractivity contribution in [3.63, 3.8) is 0 Å². The molecule has 36 heavy (non-hydrogen) atoms. The number of aliphatic carboxylic acids is 1. The number of rotatable bonds is 5. The van der Waals surface area contributed by atoms with Crippen LogP contribution in [0.5, 0.6) is 0 Å². The zero-order valence-electron chi connectivity index (χ0n) is 21.4. The highest BCUT2D eigenvalue weighted by atomic mass is 16.5. The summed E-state index contributed by atoms with van der Waals surface area (Å²) in [5.41, 5.74) is 1.39. The lowest BCUT2D eigenvalue weighted by Gasteiger charge is -2.57. The molecule has 8 heteroatoms. The summed E-state index contributed by atoms with van der Waals surface area (Å²) in [4.78, 5) is 50.0. The van der Waals surface area contributed by atoms with Crippen LogP contribution in [0.15, 0.2) is 11.6 Å². The van der Waals surface area contributed by atoms with E-state index in [1.165, 1.54) is 10.5 Å². The molecule has 0 aromatic rings. The summed E-state index contributed by atoms with van der Waals surface area (Å²) in [5.74, 6) is -0.0520. The van der Waals surface area contributed by atoms with Crippen molar-refractivity contribution >= 4 is 23.6 Å². The van der Waals surface area contributed by atoms with Gasteiger partial charge in [-0.3, -0.25) is 14.4 Å². The smallest absolute Gasteiger partial charge is 0.326 e. The Morgan fingerprint density at radius 3 is 2.58 bits per heavy atom. The fourth-order valence-corrected chi connectivity index (χ4v) is 8.60. The average Bonchev–Trinajstić information content (AvgIpc) is 3.38. The summed E-state index contributed by atoms with van der Waals surface area (Å²) in [5, 5.41) is 19.1. The molecular weight excluding hydrogens is 462 g/mol. The first-order chi connectivity index (χ1) is 17.0. The van der Waals surface area contributed by atoms with Crippen molar-refractivity contribution in [1.29, 1.82) is 0 Å². The highest BCUT2D eigenvalue weighted by Crippen LogP contribution is 2.65. The Labute approximate surface area is 212 Å². The van der Waals surface area contributed by atoms with E-state index in [1.807, 2.05) is 6.08 Å². The normalized spacial score (nSPS) is 41.7. The molecule has 4 aliphatic carbocycles. The first-order valence-electron chi connectivity index (χ1n) is 13.7. The number of hydrogen-bond donors (Lipinski definition) is 2. The Hall–Kier alpha value is -2.22. The van der Waals surface area contributed by atoms with Gasteiger partial charge in [0.1, 0.15) is 12.1 Å². The molecule has 8 nitrogen and oxygen atoms in total. The molecule has 0 unspecified atom stereocenters. The third kappa shape index (κ3) is 4.19. The first kappa shape index (κ1) is 25.4. The lowest BCUT2D eigenvalue weighted by molar-refractivity contribution is -0.161. The van der Waals surface area contributed by atoms with Crippen LogP contribution in [0, 0.1) is 28.6 Å². The summed E-state index contributed by atoms with van der Waals surface area (Å²) in [7, 11) is 0. The zero-order chi connectivity index (χ0) is 25.8. The van der Waals surface area contributed by atoms with Crippen LogP contribution in [-0.2, 0) is 23.9 Å². The molecule has 1 saturated heterocycles. The van der Waals surface area contributed by atoms with Gasteiger partial charge >= 0.3 is 11.9 Å². The molecule has 0 aromatic heterocycles. The van der Waals surface area contributed by atoms with E-state index in [2.05, 4.69) is 13.8 Å². The summed E-state index contributed by atoms with van der Waals surface area (Å²) < 4.78 is 5.99. The number of hydrogen-bond acceptors (Lipinski definition) is 6. The number of allylic oxidation sites excluding steroid dienone is 1. The van der Waals surface area contributed by atoms with E-state index in [4.69, 9.17) is 4.74 Å². The molecule has 0 bridgehead atoms. The molecule has 1 heterocycles. The largest absolute Gasteiger partial charge is 0.480 e. The minimum Gasteiger partial charge on any atom is -0.480 e. The predicted molar refractivity (Wildman–Crippen MR) is 130 cm³/mol. The number of ketones is 1. The second kappa shape index (κ2) is 9.26. The molecule has 0 radical (unpaired) electrons. The molecule has 0 aromatic carbocycles. The summed E-state index contributed by atoms with van der Waals surface area (Å²) >= 11 is 0. The van der Waals surface area contributed by atoms with Crippen LogP contribution in [0.4, 0.5) is 0 Å². The maximum absolute atomic E-state index is 12.8. The fraction of sp³-hybridized carbons (Fsp3) is 0.786. The highest BCUT2D eigenvalue weighted by Gasteiger charge is 2.60. The third-order valence-electron chi connectivity index (χ3n) is 10.6. The van der Waals surface area contributed by atoms with Crippen molar-refractivity contribution in [3.8, 4) is 0 Å². The van der Waals surface area contributed by atoms with Crippen molar-refractivity contribution < 1.29 is 34.1 Å². The van der Waals surface area contributed by atoms with Gasteiger partial charge in [-0.2, -0.15) is 0 Å². The number of carbonyl (C=O) groups is 4. The molecule has 0 spiro atoms. The SMILES string of the molecule is C[C@]12CC[C@@H]3[C@H](CCC4=CC(=O)CC[C@@]43C)[C@@H]1CC[C@@H]2OC(=O)CCC(=O)N1C[C@@H](O)C[C@@H]1C(=O)O. The minimum atomic E-state index is -1.14. The van der Waals surface area contributed by atoms with E-state index < -0.39 is 30.0 Å². The standard InChI is InChI=1S/C28H39NO7/c1-27-11-9-17(30)13-16(27)3-4-19-20-5-6-23(28(20,2)12-10-21(19)27)36-25(33)8-7-24(32)29-15-18(31)14-22(29)26(34)35/h13,18-23,31H,3-12,14-15H2,1-2H3,(H,34,35)/t18-,19+,20-,21+,22+,23-,27-,28-/m0/s1. The minimum absolute atomic E-state index is 0.0141.